The first kappa shape index (κ1) is 16.5. The van der Waals surface area contributed by atoms with Crippen LogP contribution in [0.2, 0.25) is 0 Å². The van der Waals surface area contributed by atoms with Crippen molar-refractivity contribution in [2.24, 2.45) is 0 Å². The van der Waals surface area contributed by atoms with Crippen molar-refractivity contribution in [3.8, 4) is 0 Å². The summed E-state index contributed by atoms with van der Waals surface area (Å²) in [6.45, 7) is 6.09. The molecule has 20 heavy (non-hydrogen) atoms. The lowest BCUT2D eigenvalue weighted by Gasteiger charge is -2.29. The van der Waals surface area contributed by atoms with Gasteiger partial charge >= 0.3 is 0 Å². The summed E-state index contributed by atoms with van der Waals surface area (Å²) < 4.78 is 0. The minimum absolute atomic E-state index is 0.0205. The maximum Gasteiger partial charge on any atom is 0.221 e. The molecule has 1 aromatic carbocycles. The van der Waals surface area contributed by atoms with Crippen LogP contribution in [0.4, 0.5) is 5.69 Å². The molecular weight excluding hydrogens is 252 g/mol. The van der Waals surface area contributed by atoms with Crippen molar-refractivity contribution in [2.45, 2.75) is 51.5 Å². The van der Waals surface area contributed by atoms with Crippen molar-refractivity contribution in [2.75, 3.05) is 12.3 Å². The highest BCUT2D eigenvalue weighted by molar-refractivity contribution is 5.77. The van der Waals surface area contributed by atoms with Crippen molar-refractivity contribution < 1.29 is 9.90 Å². The van der Waals surface area contributed by atoms with Crippen LogP contribution in [0.1, 0.15) is 51.5 Å². The molecule has 0 saturated heterocycles. The van der Waals surface area contributed by atoms with Crippen molar-refractivity contribution >= 4 is 11.6 Å². The minimum atomic E-state index is -0.327. The fourth-order valence-corrected chi connectivity index (χ4v) is 2.18. The van der Waals surface area contributed by atoms with Gasteiger partial charge in [-0.25, -0.2) is 0 Å². The Hall–Kier alpha value is -1.55. The van der Waals surface area contributed by atoms with E-state index in [2.05, 4.69) is 5.32 Å². The average Bonchev–Trinajstić information content (AvgIpc) is 2.39. The molecule has 0 saturated carbocycles. The maximum absolute atomic E-state index is 12.1. The lowest BCUT2D eigenvalue weighted by molar-refractivity contribution is -0.123. The summed E-state index contributed by atoms with van der Waals surface area (Å²) in [5.74, 6) is 0.165. The molecule has 0 bridgehead atoms. The van der Waals surface area contributed by atoms with Gasteiger partial charge < -0.3 is 16.2 Å². The van der Waals surface area contributed by atoms with E-state index >= 15 is 0 Å². The molecule has 0 aliphatic heterocycles. The Morgan fingerprint density at radius 3 is 2.50 bits per heavy atom. The minimum Gasteiger partial charge on any atom is -0.399 e. The predicted molar refractivity (Wildman–Crippen MR) is 82.4 cm³/mol. The predicted octanol–water partition coefficient (Wildman–Crippen LogP) is 2.43. The molecule has 0 aliphatic carbocycles. The van der Waals surface area contributed by atoms with Gasteiger partial charge in [-0.05, 0) is 43.4 Å². The second-order valence-corrected chi connectivity index (χ2v) is 5.71. The normalized spacial score (nSPS) is 15.4. The van der Waals surface area contributed by atoms with Crippen molar-refractivity contribution in [3.63, 3.8) is 0 Å². The van der Waals surface area contributed by atoms with Gasteiger partial charge in [0.1, 0.15) is 0 Å². The van der Waals surface area contributed by atoms with Gasteiger partial charge in [0.2, 0.25) is 5.91 Å². The van der Waals surface area contributed by atoms with E-state index in [0.29, 0.717) is 12.8 Å². The molecule has 0 aromatic heterocycles. The summed E-state index contributed by atoms with van der Waals surface area (Å²) >= 11 is 0. The number of aliphatic hydroxyl groups excluding tert-OH is 1. The van der Waals surface area contributed by atoms with Crippen LogP contribution in [0, 0.1) is 0 Å². The SMILES string of the molecule is CCC(C)(CCO)NC(=O)CC(C)c1ccc(N)cc1. The summed E-state index contributed by atoms with van der Waals surface area (Å²) in [4.78, 5) is 12.1. The number of carbonyl (C=O) groups excluding carboxylic acids is 1. The Morgan fingerprint density at radius 1 is 1.40 bits per heavy atom. The molecule has 4 N–H and O–H groups in total. The third-order valence-corrected chi connectivity index (χ3v) is 3.88. The van der Waals surface area contributed by atoms with E-state index in [0.717, 1.165) is 17.7 Å². The lowest BCUT2D eigenvalue weighted by atomic mass is 9.93. The summed E-state index contributed by atoms with van der Waals surface area (Å²) in [5.41, 5.74) is 7.17. The fraction of sp³-hybridized carbons (Fsp3) is 0.562. The number of carbonyl (C=O) groups is 1. The van der Waals surface area contributed by atoms with Crippen LogP contribution >= 0.6 is 0 Å². The lowest BCUT2D eigenvalue weighted by Crippen LogP contribution is -2.46. The molecule has 112 valence electrons. The number of hydrogen-bond donors (Lipinski definition) is 3. The van der Waals surface area contributed by atoms with Crippen LogP contribution in [-0.4, -0.2) is 23.2 Å². The summed E-state index contributed by atoms with van der Waals surface area (Å²) in [7, 11) is 0. The molecule has 4 heteroatoms. The summed E-state index contributed by atoms with van der Waals surface area (Å²) in [6.07, 6.45) is 1.81. The molecule has 2 unspecified atom stereocenters. The van der Waals surface area contributed by atoms with Crippen LogP contribution in [0.25, 0.3) is 0 Å². The number of hydrogen-bond acceptors (Lipinski definition) is 3. The zero-order chi connectivity index (χ0) is 15.2. The quantitative estimate of drug-likeness (QED) is 0.670. The highest BCUT2D eigenvalue weighted by atomic mass is 16.3. The third-order valence-electron chi connectivity index (χ3n) is 3.88. The zero-order valence-corrected chi connectivity index (χ0v) is 12.6. The van der Waals surface area contributed by atoms with Gasteiger partial charge in [-0.1, -0.05) is 26.0 Å². The first-order valence-electron chi connectivity index (χ1n) is 7.17. The summed E-state index contributed by atoms with van der Waals surface area (Å²) in [5, 5.41) is 12.1. The molecule has 0 heterocycles. The van der Waals surface area contributed by atoms with Crippen molar-refractivity contribution in [3.05, 3.63) is 29.8 Å². The van der Waals surface area contributed by atoms with Crippen LogP contribution < -0.4 is 11.1 Å². The number of amides is 1. The molecule has 1 rings (SSSR count). The first-order chi connectivity index (χ1) is 9.40. The zero-order valence-electron chi connectivity index (χ0n) is 12.6. The number of aliphatic hydroxyl groups is 1. The Labute approximate surface area is 121 Å². The monoisotopic (exact) mass is 278 g/mol. The molecule has 0 fully saturated rings. The van der Waals surface area contributed by atoms with Gasteiger partial charge in [-0.2, -0.15) is 0 Å². The Balaban J connectivity index is 2.59. The van der Waals surface area contributed by atoms with E-state index < -0.39 is 0 Å². The molecule has 2 atom stereocenters. The van der Waals surface area contributed by atoms with E-state index in [9.17, 15) is 4.79 Å². The smallest absolute Gasteiger partial charge is 0.221 e. The van der Waals surface area contributed by atoms with Crippen LogP contribution in [0.15, 0.2) is 24.3 Å². The van der Waals surface area contributed by atoms with Gasteiger partial charge in [0.05, 0.1) is 0 Å². The largest absolute Gasteiger partial charge is 0.399 e. The van der Waals surface area contributed by atoms with Gasteiger partial charge in [0.25, 0.3) is 0 Å². The van der Waals surface area contributed by atoms with Crippen LogP contribution in [-0.2, 0) is 4.79 Å². The van der Waals surface area contributed by atoms with E-state index in [1.54, 1.807) is 0 Å². The highest BCUT2D eigenvalue weighted by Gasteiger charge is 2.24. The molecule has 1 amide bonds. The van der Waals surface area contributed by atoms with Crippen LogP contribution in [0.3, 0.4) is 0 Å². The second-order valence-electron chi connectivity index (χ2n) is 5.71. The van der Waals surface area contributed by atoms with Gasteiger partial charge in [0.15, 0.2) is 0 Å². The third kappa shape index (κ3) is 4.85. The molecule has 4 nitrogen and oxygen atoms in total. The molecular formula is C16H26N2O2. The number of rotatable bonds is 7. The molecule has 1 aromatic rings. The number of nitrogens with one attached hydrogen (secondary N) is 1. The van der Waals surface area contributed by atoms with Gasteiger partial charge in [-0.15, -0.1) is 0 Å². The summed E-state index contributed by atoms with van der Waals surface area (Å²) in [6, 6.07) is 7.62. The average molecular weight is 278 g/mol. The Bertz CT molecular complexity index is 431. The fourth-order valence-electron chi connectivity index (χ4n) is 2.18. The number of anilines is 1. The maximum atomic E-state index is 12.1. The van der Waals surface area contributed by atoms with E-state index in [1.165, 1.54) is 0 Å². The Morgan fingerprint density at radius 2 is 2.00 bits per heavy atom. The molecule has 0 aliphatic rings. The Kier molecular flexibility index (Phi) is 6.02. The standard InChI is InChI=1S/C16H26N2O2/c1-4-16(3,9-10-19)18-15(20)11-12(2)13-5-7-14(17)8-6-13/h5-8,12,19H,4,9-11,17H2,1-3H3,(H,18,20). The second kappa shape index (κ2) is 7.29. The van der Waals surface area contributed by atoms with E-state index in [1.807, 2.05) is 45.0 Å². The van der Waals surface area contributed by atoms with Gasteiger partial charge in [-0.3, -0.25) is 4.79 Å². The van der Waals surface area contributed by atoms with Crippen molar-refractivity contribution in [1.82, 2.24) is 5.32 Å². The van der Waals surface area contributed by atoms with E-state index in [-0.39, 0.29) is 24.0 Å². The first-order valence-corrected chi connectivity index (χ1v) is 7.17. The number of nitrogens with two attached hydrogens (primary N) is 1. The van der Waals surface area contributed by atoms with Crippen LogP contribution in [0.5, 0.6) is 0 Å². The number of benzene rings is 1. The molecule has 0 spiro atoms. The number of nitrogen functional groups attached to an aromatic ring is 1. The van der Waals surface area contributed by atoms with E-state index in [4.69, 9.17) is 10.8 Å². The van der Waals surface area contributed by atoms with Gasteiger partial charge in [0, 0.05) is 24.3 Å². The van der Waals surface area contributed by atoms with Crippen molar-refractivity contribution in [1.29, 1.82) is 0 Å². The molecule has 0 radical (unpaired) electrons. The topological polar surface area (TPSA) is 75.3 Å². The highest BCUT2D eigenvalue weighted by Crippen LogP contribution is 2.21.